The molecule has 0 N–H and O–H groups in total. The largest absolute Gasteiger partial charge is 0.383 e. The summed E-state index contributed by atoms with van der Waals surface area (Å²) in [6, 6.07) is 0.559. The number of likely N-dealkylation sites (N-methyl/N-ethyl adjacent to an activating group) is 2. The molecule has 2 rings (SSSR count). The van der Waals surface area contributed by atoms with E-state index in [1.165, 1.54) is 19.3 Å². The van der Waals surface area contributed by atoms with E-state index in [-0.39, 0.29) is 10.9 Å². The molecular weight excluding hydrogens is 376 g/mol. The Morgan fingerprint density at radius 2 is 2.11 bits per heavy atom. The Morgan fingerprint density at radius 3 is 2.75 bits per heavy atom. The first-order chi connectivity index (χ1) is 13.2. The monoisotopic (exact) mass is 414 g/mol. The van der Waals surface area contributed by atoms with Crippen molar-refractivity contribution in [3.05, 3.63) is 11.9 Å². The second-order valence-electron chi connectivity index (χ2n) is 8.50. The van der Waals surface area contributed by atoms with Gasteiger partial charge in [0.25, 0.3) is 0 Å². The van der Waals surface area contributed by atoms with Gasteiger partial charge in [-0.2, -0.15) is 0 Å². The van der Waals surface area contributed by atoms with Crippen molar-refractivity contribution in [3.8, 4) is 0 Å². The zero-order chi connectivity index (χ0) is 20.7. The highest BCUT2D eigenvalue weighted by Crippen LogP contribution is 2.19. The zero-order valence-electron chi connectivity index (χ0n) is 18.2. The van der Waals surface area contributed by atoms with E-state index in [1.807, 2.05) is 18.4 Å². The van der Waals surface area contributed by atoms with E-state index in [9.17, 15) is 8.42 Å². The topological polar surface area (TPSA) is 67.7 Å². The smallest absolute Gasteiger partial charge is 0.227 e. The molecule has 0 bridgehead atoms. The average Bonchev–Trinajstić information content (AvgIpc) is 3.03. The SMILES string of the molecule is COCCn1c(CN(C)C[C@H]2CCCCN2C)cnc1S(=O)(=O)CCC(C)C. The fourth-order valence-electron chi connectivity index (χ4n) is 3.75. The molecule has 0 aromatic carbocycles. The number of ether oxygens (including phenoxy) is 1. The zero-order valence-corrected chi connectivity index (χ0v) is 19.0. The van der Waals surface area contributed by atoms with Gasteiger partial charge in [0, 0.05) is 32.8 Å². The summed E-state index contributed by atoms with van der Waals surface area (Å²) in [7, 11) is 2.53. The molecule has 1 fully saturated rings. The number of nitrogens with zero attached hydrogens (tertiary/aromatic N) is 4. The number of likely N-dealkylation sites (tertiary alicyclic amines) is 1. The Bertz CT molecular complexity index is 702. The van der Waals surface area contributed by atoms with E-state index in [4.69, 9.17) is 4.74 Å². The number of sulfone groups is 1. The van der Waals surface area contributed by atoms with Crippen molar-refractivity contribution in [2.24, 2.45) is 5.92 Å². The molecule has 1 aliphatic heterocycles. The van der Waals surface area contributed by atoms with Crippen molar-refractivity contribution in [3.63, 3.8) is 0 Å². The molecule has 1 atom stereocenters. The average molecular weight is 415 g/mol. The Balaban J connectivity index is 2.13. The number of methoxy groups -OCH3 is 1. The molecule has 8 heteroatoms. The lowest BCUT2D eigenvalue weighted by atomic mass is 10.0. The first-order valence-corrected chi connectivity index (χ1v) is 12.0. The van der Waals surface area contributed by atoms with Crippen LogP contribution < -0.4 is 0 Å². The van der Waals surface area contributed by atoms with E-state index in [1.54, 1.807) is 13.3 Å². The van der Waals surface area contributed by atoms with E-state index in [0.29, 0.717) is 38.1 Å². The summed E-state index contributed by atoms with van der Waals surface area (Å²) in [6.07, 6.45) is 6.14. The lowest BCUT2D eigenvalue weighted by Gasteiger charge is -2.35. The molecular formula is C20H38N4O3S. The van der Waals surface area contributed by atoms with Gasteiger partial charge >= 0.3 is 0 Å². The van der Waals surface area contributed by atoms with Crippen LogP contribution in [0.4, 0.5) is 0 Å². The minimum Gasteiger partial charge on any atom is -0.383 e. The molecule has 0 spiro atoms. The van der Waals surface area contributed by atoms with Gasteiger partial charge in [-0.1, -0.05) is 20.3 Å². The van der Waals surface area contributed by atoms with Gasteiger partial charge in [0.15, 0.2) is 0 Å². The maximum atomic E-state index is 12.8. The van der Waals surface area contributed by atoms with Crippen LogP contribution in [0, 0.1) is 5.92 Å². The minimum absolute atomic E-state index is 0.136. The summed E-state index contributed by atoms with van der Waals surface area (Å²) in [5.74, 6) is 0.479. The van der Waals surface area contributed by atoms with Gasteiger partial charge in [-0.25, -0.2) is 13.4 Å². The van der Waals surface area contributed by atoms with E-state index in [2.05, 4.69) is 28.9 Å². The number of hydrogen-bond acceptors (Lipinski definition) is 6. The number of rotatable bonds is 11. The molecule has 1 aliphatic rings. The van der Waals surface area contributed by atoms with E-state index >= 15 is 0 Å². The lowest BCUT2D eigenvalue weighted by molar-refractivity contribution is 0.136. The highest BCUT2D eigenvalue weighted by Gasteiger charge is 2.25. The van der Waals surface area contributed by atoms with Crippen LogP contribution in [0.1, 0.15) is 45.2 Å². The summed E-state index contributed by atoms with van der Waals surface area (Å²) in [5, 5.41) is 0.184. The van der Waals surface area contributed by atoms with Gasteiger partial charge in [0.05, 0.1) is 24.3 Å². The van der Waals surface area contributed by atoms with Crippen LogP contribution in [0.25, 0.3) is 0 Å². The fraction of sp³-hybridized carbons (Fsp3) is 0.850. The van der Waals surface area contributed by atoms with Crippen molar-refractivity contribution in [2.45, 2.75) is 63.8 Å². The van der Waals surface area contributed by atoms with Gasteiger partial charge in [-0.05, 0) is 45.8 Å². The van der Waals surface area contributed by atoms with Crippen molar-refractivity contribution in [1.29, 1.82) is 0 Å². The first-order valence-electron chi connectivity index (χ1n) is 10.4. The lowest BCUT2D eigenvalue weighted by Crippen LogP contribution is -2.43. The molecule has 0 unspecified atom stereocenters. The van der Waals surface area contributed by atoms with Gasteiger partial charge in [0.2, 0.25) is 15.0 Å². The van der Waals surface area contributed by atoms with Crippen LogP contribution in [0.3, 0.4) is 0 Å². The molecule has 28 heavy (non-hydrogen) atoms. The number of hydrogen-bond donors (Lipinski definition) is 0. The molecule has 1 saturated heterocycles. The highest BCUT2D eigenvalue weighted by molar-refractivity contribution is 7.91. The Hall–Kier alpha value is -0.960. The second-order valence-corrected chi connectivity index (χ2v) is 10.5. The van der Waals surface area contributed by atoms with Crippen molar-refractivity contribution in [1.82, 2.24) is 19.4 Å². The molecule has 2 heterocycles. The number of piperidine rings is 1. The third kappa shape index (κ3) is 6.54. The maximum Gasteiger partial charge on any atom is 0.227 e. The molecule has 0 saturated carbocycles. The molecule has 7 nitrogen and oxygen atoms in total. The van der Waals surface area contributed by atoms with Crippen LogP contribution in [-0.4, -0.2) is 80.5 Å². The van der Waals surface area contributed by atoms with Gasteiger partial charge in [-0.3, -0.25) is 4.90 Å². The maximum absolute atomic E-state index is 12.8. The Morgan fingerprint density at radius 1 is 1.36 bits per heavy atom. The summed E-state index contributed by atoms with van der Waals surface area (Å²) in [4.78, 5) is 9.03. The summed E-state index contributed by atoms with van der Waals surface area (Å²) in [6.45, 7) is 7.85. The molecule has 1 aromatic heterocycles. The molecule has 0 aliphatic carbocycles. The molecule has 0 radical (unpaired) electrons. The van der Waals surface area contributed by atoms with Crippen LogP contribution in [0.15, 0.2) is 11.4 Å². The predicted octanol–water partition coefficient (Wildman–Crippen LogP) is 2.27. The van der Waals surface area contributed by atoms with Crippen molar-refractivity contribution >= 4 is 9.84 Å². The number of imidazole rings is 1. The normalized spacial score (nSPS) is 19.0. The van der Waals surface area contributed by atoms with Crippen LogP contribution in [0.2, 0.25) is 0 Å². The van der Waals surface area contributed by atoms with Crippen molar-refractivity contribution < 1.29 is 13.2 Å². The van der Waals surface area contributed by atoms with Gasteiger partial charge in [-0.15, -0.1) is 0 Å². The van der Waals surface area contributed by atoms with Crippen LogP contribution in [-0.2, 0) is 27.7 Å². The summed E-state index contributed by atoms with van der Waals surface area (Å²) >= 11 is 0. The molecule has 0 amide bonds. The number of aromatic nitrogens is 2. The molecule has 1 aromatic rings. The standard InChI is InChI=1S/C20H38N4O3S/c1-17(2)9-13-28(25,26)20-21-14-19(24(20)11-12-27-5)16-22(3)15-18-8-6-7-10-23(18)4/h14,17-18H,6-13,15-16H2,1-5H3/t18-/m1/s1. The quantitative estimate of drug-likeness (QED) is 0.553. The molecule has 162 valence electrons. The third-order valence-electron chi connectivity index (χ3n) is 5.54. The van der Waals surface area contributed by atoms with Crippen molar-refractivity contribution in [2.75, 3.05) is 46.7 Å². The van der Waals surface area contributed by atoms with E-state index < -0.39 is 9.84 Å². The highest BCUT2D eigenvalue weighted by atomic mass is 32.2. The summed E-state index contributed by atoms with van der Waals surface area (Å²) in [5.41, 5.74) is 0.932. The third-order valence-corrected chi connectivity index (χ3v) is 7.19. The van der Waals surface area contributed by atoms with Crippen LogP contribution >= 0.6 is 0 Å². The summed E-state index contributed by atoms with van der Waals surface area (Å²) < 4.78 is 32.7. The Labute approximate surface area is 171 Å². The van der Waals surface area contributed by atoms with Gasteiger partial charge < -0.3 is 14.2 Å². The van der Waals surface area contributed by atoms with Crippen LogP contribution in [0.5, 0.6) is 0 Å². The Kier molecular flexibility index (Phi) is 8.92. The second kappa shape index (κ2) is 10.7. The van der Waals surface area contributed by atoms with E-state index in [0.717, 1.165) is 18.8 Å². The first kappa shape index (κ1) is 23.3. The fourth-order valence-corrected chi connectivity index (χ4v) is 5.47. The van der Waals surface area contributed by atoms with Gasteiger partial charge in [0.1, 0.15) is 0 Å². The minimum atomic E-state index is -3.40. The predicted molar refractivity (Wildman–Crippen MR) is 112 cm³/mol.